The van der Waals surface area contributed by atoms with Crippen LogP contribution in [0.2, 0.25) is 0 Å². The van der Waals surface area contributed by atoms with Gasteiger partial charge >= 0.3 is 4.87 Å². The first kappa shape index (κ1) is 17.2. The number of anilines is 2. The van der Waals surface area contributed by atoms with Gasteiger partial charge < -0.3 is 19.9 Å². The Morgan fingerprint density at radius 1 is 1.40 bits per heavy atom. The lowest BCUT2D eigenvalue weighted by Gasteiger charge is -2.23. The second-order valence-electron chi connectivity index (χ2n) is 5.91. The Bertz CT molecular complexity index is 871. The lowest BCUT2D eigenvalue weighted by Crippen LogP contribution is -2.34. The highest BCUT2D eigenvalue weighted by molar-refractivity contribution is 7.07. The molecule has 1 unspecified atom stereocenters. The number of hydrogen-bond donors (Lipinski definition) is 2. The Morgan fingerprint density at radius 3 is 2.92 bits per heavy atom. The lowest BCUT2D eigenvalue weighted by molar-refractivity contribution is -0.122. The molecule has 2 N–H and O–H groups in total. The van der Waals surface area contributed by atoms with E-state index in [1.165, 1.54) is 11.3 Å². The Morgan fingerprint density at radius 2 is 2.20 bits per heavy atom. The summed E-state index contributed by atoms with van der Waals surface area (Å²) >= 11 is 1.17. The molecule has 1 aromatic carbocycles. The van der Waals surface area contributed by atoms with E-state index in [-0.39, 0.29) is 16.7 Å². The van der Waals surface area contributed by atoms with Crippen molar-refractivity contribution in [2.24, 2.45) is 0 Å². The van der Waals surface area contributed by atoms with Gasteiger partial charge in [-0.25, -0.2) is 0 Å². The number of carbonyl (C=O) groups excluding carboxylic acids is 2. The average molecular weight is 361 g/mol. The van der Waals surface area contributed by atoms with Crippen LogP contribution in [0, 0.1) is 6.92 Å². The zero-order valence-corrected chi connectivity index (χ0v) is 14.8. The predicted molar refractivity (Wildman–Crippen MR) is 96.3 cm³/mol. The van der Waals surface area contributed by atoms with Gasteiger partial charge in [-0.3, -0.25) is 14.4 Å². The van der Waals surface area contributed by atoms with Crippen LogP contribution in [0.15, 0.2) is 28.4 Å². The number of rotatable bonds is 5. The van der Waals surface area contributed by atoms with E-state index >= 15 is 0 Å². The highest BCUT2D eigenvalue weighted by atomic mass is 32.1. The summed E-state index contributed by atoms with van der Waals surface area (Å²) in [5, 5.41) is 7.35. The van der Waals surface area contributed by atoms with Gasteiger partial charge in [-0.05, 0) is 38.5 Å². The van der Waals surface area contributed by atoms with Crippen LogP contribution in [-0.4, -0.2) is 22.5 Å². The van der Waals surface area contributed by atoms with E-state index in [2.05, 4.69) is 10.6 Å². The number of amides is 2. The fourth-order valence-electron chi connectivity index (χ4n) is 2.58. The molecule has 2 heterocycles. The number of hydrogen-bond acceptors (Lipinski definition) is 5. The molecule has 0 fully saturated rings. The molecule has 0 bridgehead atoms. The van der Waals surface area contributed by atoms with Crippen molar-refractivity contribution in [3.63, 3.8) is 0 Å². The maximum Gasteiger partial charge on any atom is 0.307 e. The fourth-order valence-corrected chi connectivity index (χ4v) is 3.34. The number of ether oxygens (including phenoxy) is 1. The molecule has 2 amide bonds. The summed E-state index contributed by atoms with van der Waals surface area (Å²) < 4.78 is 7.15. The van der Waals surface area contributed by atoms with Crippen LogP contribution >= 0.6 is 11.3 Å². The molecule has 2 aromatic rings. The van der Waals surface area contributed by atoms with E-state index in [9.17, 15) is 14.4 Å². The third-order valence-electron chi connectivity index (χ3n) is 3.96. The number of carbonyl (C=O) groups is 2. The fraction of sp³-hybridized carbons (Fsp3) is 0.353. The first-order chi connectivity index (χ1) is 11.9. The van der Waals surface area contributed by atoms with E-state index in [0.717, 1.165) is 5.69 Å². The quantitative estimate of drug-likeness (QED) is 0.855. The summed E-state index contributed by atoms with van der Waals surface area (Å²) in [6.07, 6.45) is 0.349. The van der Waals surface area contributed by atoms with Crippen molar-refractivity contribution in [3.8, 4) is 5.75 Å². The highest BCUT2D eigenvalue weighted by Gasteiger charge is 2.23. The summed E-state index contributed by atoms with van der Waals surface area (Å²) in [6.45, 7) is 4.07. The number of nitrogens with one attached hydrogen (secondary N) is 2. The van der Waals surface area contributed by atoms with Gasteiger partial charge in [-0.15, -0.1) is 0 Å². The van der Waals surface area contributed by atoms with Crippen molar-refractivity contribution >= 4 is 34.5 Å². The van der Waals surface area contributed by atoms with Crippen LogP contribution in [0.25, 0.3) is 0 Å². The van der Waals surface area contributed by atoms with E-state index in [1.807, 2.05) is 12.3 Å². The van der Waals surface area contributed by atoms with Gasteiger partial charge in [-0.2, -0.15) is 0 Å². The summed E-state index contributed by atoms with van der Waals surface area (Å²) in [4.78, 5) is 35.4. The number of thiazole rings is 1. The maximum absolute atomic E-state index is 12.1. The second-order valence-corrected chi connectivity index (χ2v) is 6.73. The van der Waals surface area contributed by atoms with Gasteiger partial charge in [0.1, 0.15) is 5.75 Å². The minimum atomic E-state index is -0.531. The molecule has 1 atom stereocenters. The third-order valence-corrected chi connectivity index (χ3v) is 4.84. The molecule has 1 aromatic heterocycles. The molecule has 0 saturated carbocycles. The highest BCUT2D eigenvalue weighted by Crippen LogP contribution is 2.32. The maximum atomic E-state index is 12.1. The van der Waals surface area contributed by atoms with Crippen LogP contribution in [0.1, 0.15) is 25.5 Å². The number of fused-ring (bicyclic) bond motifs is 1. The molecule has 1 aliphatic heterocycles. The number of aromatic nitrogens is 1. The number of nitrogens with zero attached hydrogens (tertiary/aromatic N) is 1. The Balaban J connectivity index is 1.56. The van der Waals surface area contributed by atoms with Gasteiger partial charge in [0, 0.05) is 29.7 Å². The zero-order valence-electron chi connectivity index (χ0n) is 14.0. The normalized spacial score (nSPS) is 15.9. The molecule has 0 spiro atoms. The second kappa shape index (κ2) is 7.10. The summed E-state index contributed by atoms with van der Waals surface area (Å²) in [5.41, 5.74) is 2.04. The first-order valence-electron chi connectivity index (χ1n) is 8.00. The molecule has 7 nitrogen and oxygen atoms in total. The molecular weight excluding hydrogens is 342 g/mol. The molecule has 0 radical (unpaired) electrons. The van der Waals surface area contributed by atoms with Crippen molar-refractivity contribution in [1.29, 1.82) is 0 Å². The number of benzene rings is 1. The minimum Gasteiger partial charge on any atom is -0.479 e. The molecular formula is C17H19N3O4S. The monoisotopic (exact) mass is 361 g/mol. The molecule has 8 heteroatoms. The van der Waals surface area contributed by atoms with Crippen molar-refractivity contribution in [2.45, 2.75) is 39.3 Å². The minimum absolute atomic E-state index is 0.00225. The first-order valence-corrected chi connectivity index (χ1v) is 8.88. The summed E-state index contributed by atoms with van der Waals surface area (Å²) in [7, 11) is 0. The topological polar surface area (TPSA) is 89.4 Å². The van der Waals surface area contributed by atoms with Crippen LogP contribution in [-0.2, 0) is 16.1 Å². The molecule has 132 valence electrons. The van der Waals surface area contributed by atoms with Gasteiger partial charge in [-0.1, -0.05) is 11.3 Å². The molecule has 25 heavy (non-hydrogen) atoms. The Kier molecular flexibility index (Phi) is 4.89. The molecule has 1 aliphatic rings. The van der Waals surface area contributed by atoms with Crippen LogP contribution < -0.4 is 20.2 Å². The predicted octanol–water partition coefficient (Wildman–Crippen LogP) is 2.36. The van der Waals surface area contributed by atoms with Crippen molar-refractivity contribution < 1.29 is 14.3 Å². The van der Waals surface area contributed by atoms with Crippen LogP contribution in [0.3, 0.4) is 0 Å². The van der Waals surface area contributed by atoms with E-state index in [4.69, 9.17) is 4.74 Å². The third kappa shape index (κ3) is 3.90. The smallest absolute Gasteiger partial charge is 0.307 e. The average Bonchev–Trinajstić information content (AvgIpc) is 2.88. The molecule has 0 saturated heterocycles. The summed E-state index contributed by atoms with van der Waals surface area (Å²) in [5.74, 6) is 0.224. The van der Waals surface area contributed by atoms with E-state index in [1.54, 1.807) is 29.7 Å². The van der Waals surface area contributed by atoms with Gasteiger partial charge in [0.2, 0.25) is 5.91 Å². The van der Waals surface area contributed by atoms with Crippen LogP contribution in [0.4, 0.5) is 11.4 Å². The van der Waals surface area contributed by atoms with Gasteiger partial charge in [0.25, 0.3) is 5.91 Å². The van der Waals surface area contributed by atoms with Crippen molar-refractivity contribution in [3.05, 3.63) is 38.9 Å². The lowest BCUT2D eigenvalue weighted by atomic mass is 10.2. The van der Waals surface area contributed by atoms with Crippen LogP contribution in [0.5, 0.6) is 5.75 Å². The molecule has 0 aliphatic carbocycles. The number of aryl methyl sites for hydroxylation is 1. The van der Waals surface area contributed by atoms with E-state index < -0.39 is 6.10 Å². The largest absolute Gasteiger partial charge is 0.479 e. The Hall–Kier alpha value is -2.61. The zero-order chi connectivity index (χ0) is 18.0. The van der Waals surface area contributed by atoms with Gasteiger partial charge in [0.15, 0.2) is 6.10 Å². The summed E-state index contributed by atoms with van der Waals surface area (Å²) in [6, 6.07) is 5.12. The van der Waals surface area contributed by atoms with Crippen molar-refractivity contribution in [1.82, 2.24) is 4.57 Å². The van der Waals surface area contributed by atoms with E-state index in [0.29, 0.717) is 36.5 Å². The standard InChI is InChI=1S/C17H19N3O4S/c1-10-9-25-17(23)20(10)7-3-4-15(21)18-12-5-6-14-13(8-12)19-16(22)11(2)24-14/h5-6,8-9,11H,3-4,7H2,1-2H3,(H,18,21)(H,19,22). The van der Waals surface area contributed by atoms with Gasteiger partial charge in [0.05, 0.1) is 5.69 Å². The Labute approximate surface area is 148 Å². The SMILES string of the molecule is Cc1csc(=O)n1CCCC(=O)Nc1ccc2c(c1)NC(=O)C(C)O2. The molecule has 3 rings (SSSR count). The van der Waals surface area contributed by atoms with Crippen molar-refractivity contribution in [2.75, 3.05) is 10.6 Å².